The molecule has 2 heterocycles. The minimum atomic E-state index is -0.573. The molecule has 0 fully saturated rings. The van der Waals surface area contributed by atoms with Crippen LogP contribution in [-0.2, 0) is 17.9 Å². The van der Waals surface area contributed by atoms with Crippen LogP contribution >= 0.6 is 0 Å². The van der Waals surface area contributed by atoms with Gasteiger partial charge in [0.15, 0.2) is 5.76 Å². The summed E-state index contributed by atoms with van der Waals surface area (Å²) in [6, 6.07) is 10.6. The van der Waals surface area contributed by atoms with Crippen molar-refractivity contribution in [3.63, 3.8) is 0 Å². The maximum Gasteiger partial charge on any atom is 0.290 e. The maximum atomic E-state index is 13.1. The van der Waals surface area contributed by atoms with Gasteiger partial charge in [-0.2, -0.15) is 5.10 Å². The van der Waals surface area contributed by atoms with E-state index in [-0.39, 0.29) is 24.6 Å². The number of nitrogens with two attached hydrogens (primary N) is 1. The van der Waals surface area contributed by atoms with Crippen molar-refractivity contribution in [1.29, 1.82) is 0 Å². The van der Waals surface area contributed by atoms with Crippen molar-refractivity contribution in [2.45, 2.75) is 13.1 Å². The first-order valence-electron chi connectivity index (χ1n) is 7.45. The normalized spacial score (nSPS) is 10.6. The first-order valence-corrected chi connectivity index (χ1v) is 7.45. The Hall–Kier alpha value is -3.42. The van der Waals surface area contributed by atoms with Crippen molar-refractivity contribution >= 4 is 11.6 Å². The fraction of sp³-hybridized carbons (Fsp3) is 0.118. The molecule has 0 saturated heterocycles. The smallest absolute Gasteiger partial charge is 0.290 e. The Morgan fingerprint density at radius 3 is 2.84 bits per heavy atom. The highest BCUT2D eigenvalue weighted by Crippen LogP contribution is 2.17. The van der Waals surface area contributed by atoms with E-state index in [4.69, 9.17) is 10.2 Å². The second-order valence-corrected chi connectivity index (χ2v) is 5.33. The third-order valence-corrected chi connectivity index (χ3v) is 3.45. The van der Waals surface area contributed by atoms with Gasteiger partial charge in [0.25, 0.3) is 5.56 Å². The van der Waals surface area contributed by atoms with Gasteiger partial charge in [0.05, 0.1) is 6.26 Å². The first kappa shape index (κ1) is 16.4. The molecule has 128 valence electrons. The van der Waals surface area contributed by atoms with Crippen LogP contribution in [0.25, 0.3) is 11.5 Å². The van der Waals surface area contributed by atoms with Gasteiger partial charge in [0.1, 0.15) is 23.7 Å². The van der Waals surface area contributed by atoms with Gasteiger partial charge in [0.2, 0.25) is 5.91 Å². The highest BCUT2D eigenvalue weighted by Gasteiger charge is 2.12. The molecule has 0 atom stereocenters. The standard InChI is InChI=1S/C17H15FN4O3/c18-12-4-1-3-11(7-12)9-20-16(23)10-22-17(24)13(19)8-14(21-22)15-5-2-6-25-15/h1-8H,9-10,19H2,(H,20,23). The number of aromatic nitrogens is 2. The summed E-state index contributed by atoms with van der Waals surface area (Å²) in [5, 5.41) is 6.70. The zero-order valence-electron chi connectivity index (χ0n) is 13.1. The van der Waals surface area contributed by atoms with Gasteiger partial charge in [-0.15, -0.1) is 0 Å². The first-order chi connectivity index (χ1) is 12.0. The van der Waals surface area contributed by atoms with E-state index >= 15 is 0 Å². The van der Waals surface area contributed by atoms with E-state index in [1.165, 1.54) is 24.5 Å². The summed E-state index contributed by atoms with van der Waals surface area (Å²) >= 11 is 0. The third-order valence-electron chi connectivity index (χ3n) is 3.45. The number of carbonyl (C=O) groups is 1. The van der Waals surface area contributed by atoms with Crippen LogP contribution in [0, 0.1) is 5.82 Å². The summed E-state index contributed by atoms with van der Waals surface area (Å²) in [6.45, 7) is -0.175. The zero-order valence-corrected chi connectivity index (χ0v) is 13.1. The molecule has 25 heavy (non-hydrogen) atoms. The lowest BCUT2D eigenvalue weighted by molar-refractivity contribution is -0.122. The SMILES string of the molecule is Nc1cc(-c2ccco2)nn(CC(=O)NCc2cccc(F)c2)c1=O. The van der Waals surface area contributed by atoms with E-state index in [2.05, 4.69) is 10.4 Å². The van der Waals surface area contributed by atoms with Crippen LogP contribution in [0.5, 0.6) is 0 Å². The number of hydrogen-bond donors (Lipinski definition) is 2. The number of nitrogens with zero attached hydrogens (tertiary/aromatic N) is 2. The van der Waals surface area contributed by atoms with Crippen LogP contribution in [0.2, 0.25) is 0 Å². The van der Waals surface area contributed by atoms with Crippen molar-refractivity contribution in [3.8, 4) is 11.5 Å². The number of nitrogens with one attached hydrogen (secondary N) is 1. The van der Waals surface area contributed by atoms with Gasteiger partial charge >= 0.3 is 0 Å². The Bertz CT molecular complexity index is 951. The number of benzene rings is 1. The molecule has 3 aromatic rings. The lowest BCUT2D eigenvalue weighted by Crippen LogP contribution is -2.34. The van der Waals surface area contributed by atoms with Gasteiger partial charge in [-0.05, 0) is 35.9 Å². The molecule has 0 aliphatic carbocycles. The largest absolute Gasteiger partial charge is 0.463 e. The predicted octanol–water partition coefficient (Wildman–Crippen LogP) is 1.54. The molecule has 0 aliphatic heterocycles. The predicted molar refractivity (Wildman–Crippen MR) is 88.9 cm³/mol. The molecule has 0 unspecified atom stereocenters. The van der Waals surface area contributed by atoms with Crippen molar-refractivity contribution in [2.24, 2.45) is 0 Å². The zero-order chi connectivity index (χ0) is 17.8. The molecular weight excluding hydrogens is 327 g/mol. The van der Waals surface area contributed by atoms with E-state index in [1.807, 2.05) is 0 Å². The summed E-state index contributed by atoms with van der Waals surface area (Å²) in [6.07, 6.45) is 1.47. The summed E-state index contributed by atoms with van der Waals surface area (Å²) < 4.78 is 19.3. The highest BCUT2D eigenvalue weighted by molar-refractivity contribution is 5.75. The molecule has 1 aromatic carbocycles. The van der Waals surface area contributed by atoms with Gasteiger partial charge in [-0.25, -0.2) is 9.07 Å². The quantitative estimate of drug-likeness (QED) is 0.732. The molecule has 0 saturated carbocycles. The fourth-order valence-electron chi connectivity index (χ4n) is 2.25. The van der Waals surface area contributed by atoms with Crippen LogP contribution in [0.1, 0.15) is 5.56 Å². The number of carbonyl (C=O) groups excluding carboxylic acids is 1. The molecule has 7 nitrogen and oxygen atoms in total. The number of halogens is 1. The molecule has 0 aliphatic rings. The monoisotopic (exact) mass is 342 g/mol. The van der Waals surface area contributed by atoms with Crippen LogP contribution in [0.15, 0.2) is 57.9 Å². The molecule has 8 heteroatoms. The van der Waals surface area contributed by atoms with E-state index in [1.54, 1.807) is 24.3 Å². The summed E-state index contributed by atoms with van der Waals surface area (Å²) in [4.78, 5) is 24.1. The molecule has 0 spiro atoms. The molecule has 0 bridgehead atoms. The Morgan fingerprint density at radius 2 is 2.12 bits per heavy atom. The number of rotatable bonds is 5. The Labute approximate surface area is 141 Å². The van der Waals surface area contributed by atoms with Crippen molar-refractivity contribution in [1.82, 2.24) is 15.1 Å². The number of amides is 1. The van der Waals surface area contributed by atoms with Crippen LogP contribution < -0.4 is 16.6 Å². The molecular formula is C17H15FN4O3. The summed E-state index contributed by atoms with van der Waals surface area (Å²) in [5.74, 6) is -0.404. The second kappa shape index (κ2) is 7.00. The number of anilines is 1. The van der Waals surface area contributed by atoms with Gasteiger partial charge in [-0.1, -0.05) is 12.1 Å². The maximum absolute atomic E-state index is 13.1. The molecule has 3 rings (SSSR count). The fourth-order valence-corrected chi connectivity index (χ4v) is 2.25. The summed E-state index contributed by atoms with van der Waals surface area (Å²) in [7, 11) is 0. The van der Waals surface area contributed by atoms with Crippen LogP contribution in [0.4, 0.5) is 10.1 Å². The average Bonchev–Trinajstić information content (AvgIpc) is 3.11. The van der Waals surface area contributed by atoms with Crippen molar-refractivity contribution < 1.29 is 13.6 Å². The molecule has 0 radical (unpaired) electrons. The summed E-state index contributed by atoms with van der Waals surface area (Å²) in [5.41, 5.74) is 6.04. The van der Waals surface area contributed by atoms with Crippen molar-refractivity contribution in [3.05, 3.63) is 70.5 Å². The lowest BCUT2D eigenvalue weighted by atomic mass is 10.2. The minimum Gasteiger partial charge on any atom is -0.463 e. The topological polar surface area (TPSA) is 103 Å². The van der Waals surface area contributed by atoms with Crippen LogP contribution in [0.3, 0.4) is 0 Å². The Balaban J connectivity index is 1.73. The Kier molecular flexibility index (Phi) is 4.60. The minimum absolute atomic E-state index is 0.0423. The van der Waals surface area contributed by atoms with Gasteiger partial charge < -0.3 is 15.5 Å². The second-order valence-electron chi connectivity index (χ2n) is 5.33. The molecule has 1 amide bonds. The number of nitrogen functional groups attached to an aromatic ring is 1. The third kappa shape index (κ3) is 3.92. The van der Waals surface area contributed by atoms with Crippen molar-refractivity contribution in [2.75, 3.05) is 5.73 Å². The molecule has 2 aromatic heterocycles. The average molecular weight is 342 g/mol. The number of furan rings is 1. The lowest BCUT2D eigenvalue weighted by Gasteiger charge is -2.09. The van der Waals surface area contributed by atoms with Gasteiger partial charge in [0, 0.05) is 6.54 Å². The highest BCUT2D eigenvalue weighted by atomic mass is 19.1. The molecule has 3 N–H and O–H groups in total. The van der Waals surface area contributed by atoms with E-state index in [0.29, 0.717) is 17.0 Å². The van der Waals surface area contributed by atoms with E-state index in [9.17, 15) is 14.0 Å². The van der Waals surface area contributed by atoms with Gasteiger partial charge in [-0.3, -0.25) is 9.59 Å². The van der Waals surface area contributed by atoms with Crippen LogP contribution in [-0.4, -0.2) is 15.7 Å². The van der Waals surface area contributed by atoms with E-state index in [0.717, 1.165) is 4.68 Å². The Morgan fingerprint density at radius 1 is 1.28 bits per heavy atom. The number of hydrogen-bond acceptors (Lipinski definition) is 5. The van der Waals surface area contributed by atoms with E-state index < -0.39 is 11.5 Å².